The van der Waals surface area contributed by atoms with Gasteiger partial charge >= 0.3 is 6.09 Å². The first-order valence-electron chi connectivity index (χ1n) is 14.0. The molecule has 1 aromatic rings. The van der Waals surface area contributed by atoms with Gasteiger partial charge in [0.25, 0.3) is 0 Å². The van der Waals surface area contributed by atoms with Crippen molar-refractivity contribution in [2.45, 2.75) is 100 Å². The Bertz CT molecular complexity index is 858. The second-order valence-corrected chi connectivity index (χ2v) is 9.70. The highest BCUT2D eigenvalue weighted by molar-refractivity contribution is 5.77. The second kappa shape index (κ2) is 18.1. The first-order chi connectivity index (χ1) is 17.6. The van der Waals surface area contributed by atoms with Gasteiger partial charge in [-0.3, -0.25) is 0 Å². The van der Waals surface area contributed by atoms with Crippen LogP contribution in [0.5, 0.6) is 0 Å². The van der Waals surface area contributed by atoms with Crippen molar-refractivity contribution in [3.63, 3.8) is 0 Å². The van der Waals surface area contributed by atoms with Crippen molar-refractivity contribution in [3.05, 3.63) is 52.9 Å². The van der Waals surface area contributed by atoms with Gasteiger partial charge in [0.05, 0.1) is 12.7 Å². The molecular weight excluding hydrogens is 467 g/mol. The van der Waals surface area contributed by atoms with E-state index in [0.29, 0.717) is 31.8 Å². The number of hydrogen-bond acceptors (Lipinski definition) is 4. The van der Waals surface area contributed by atoms with Crippen LogP contribution in [0.2, 0.25) is 0 Å². The molecule has 2 atom stereocenters. The van der Waals surface area contributed by atoms with E-state index in [4.69, 9.17) is 15.2 Å². The van der Waals surface area contributed by atoms with E-state index >= 15 is 4.39 Å². The van der Waals surface area contributed by atoms with E-state index in [1.54, 1.807) is 11.0 Å². The van der Waals surface area contributed by atoms with Crippen LogP contribution in [0.15, 0.2) is 35.9 Å². The van der Waals surface area contributed by atoms with Gasteiger partial charge in [0.1, 0.15) is 11.4 Å². The standard InChI is InChI=1S/C27H41FN2O3.2C2H6/c1-7-19(3)17-20(8-2)24-22(12-9-13-23(24)28)25(32-16-14-29)21-11-10-15-30(18-21)26(31)33-27(4,5)6;2*1-2/h8-9,12-13,17,21,25H,7,10-11,14-16,18,29H2,1-6H3;2*1-2H3/b19-17-,20-8+;;. The van der Waals surface area contributed by atoms with Gasteiger partial charge < -0.3 is 20.1 Å². The number of allylic oxidation sites excluding steroid dienone is 4. The number of likely N-dealkylation sites (tertiary alicyclic amines) is 1. The average molecular weight is 521 g/mol. The molecule has 5 nitrogen and oxygen atoms in total. The zero-order valence-corrected chi connectivity index (χ0v) is 25.1. The van der Waals surface area contributed by atoms with Crippen LogP contribution in [0.4, 0.5) is 9.18 Å². The van der Waals surface area contributed by atoms with Crippen molar-refractivity contribution in [2.24, 2.45) is 11.7 Å². The lowest BCUT2D eigenvalue weighted by molar-refractivity contribution is -0.0235. The van der Waals surface area contributed by atoms with Gasteiger partial charge in [-0.1, -0.05) is 64.5 Å². The van der Waals surface area contributed by atoms with E-state index in [2.05, 4.69) is 6.92 Å². The molecule has 1 amide bonds. The number of ether oxygens (including phenoxy) is 2. The molecule has 1 aliphatic heterocycles. The monoisotopic (exact) mass is 520 g/mol. The lowest BCUT2D eigenvalue weighted by atomic mass is 9.84. The Morgan fingerprint density at radius 3 is 2.43 bits per heavy atom. The highest BCUT2D eigenvalue weighted by atomic mass is 19.1. The summed E-state index contributed by atoms with van der Waals surface area (Å²) >= 11 is 0. The lowest BCUT2D eigenvalue weighted by Gasteiger charge is -2.38. The molecule has 212 valence electrons. The van der Waals surface area contributed by atoms with Gasteiger partial charge in [-0.15, -0.1) is 0 Å². The average Bonchev–Trinajstić information content (AvgIpc) is 2.89. The summed E-state index contributed by atoms with van der Waals surface area (Å²) in [4.78, 5) is 14.5. The first kappa shape index (κ1) is 34.8. The number of rotatable bonds is 8. The van der Waals surface area contributed by atoms with Crippen LogP contribution in [0.25, 0.3) is 5.57 Å². The summed E-state index contributed by atoms with van der Waals surface area (Å²) in [5.41, 5.74) is 8.57. The Balaban J connectivity index is 0.00000308. The molecule has 0 aliphatic carbocycles. The number of nitrogens with two attached hydrogens (primary N) is 1. The fourth-order valence-corrected chi connectivity index (χ4v) is 4.17. The summed E-state index contributed by atoms with van der Waals surface area (Å²) in [6.07, 6.45) is 5.88. The lowest BCUT2D eigenvalue weighted by Crippen LogP contribution is -2.44. The molecular formula is C31H53FN2O3. The molecule has 0 bridgehead atoms. The molecule has 0 spiro atoms. The minimum Gasteiger partial charge on any atom is -0.444 e. The van der Waals surface area contributed by atoms with E-state index in [9.17, 15) is 4.79 Å². The van der Waals surface area contributed by atoms with Crippen LogP contribution in [0.1, 0.15) is 106 Å². The van der Waals surface area contributed by atoms with Crippen LogP contribution in [-0.4, -0.2) is 42.8 Å². The fourth-order valence-electron chi connectivity index (χ4n) is 4.17. The van der Waals surface area contributed by atoms with Crippen LogP contribution < -0.4 is 5.73 Å². The van der Waals surface area contributed by atoms with Gasteiger partial charge in [0, 0.05) is 31.1 Å². The molecule has 37 heavy (non-hydrogen) atoms. The maximum absolute atomic E-state index is 15.2. The normalized spacial score (nSPS) is 17.2. The Morgan fingerprint density at radius 2 is 1.89 bits per heavy atom. The molecule has 6 heteroatoms. The summed E-state index contributed by atoms with van der Waals surface area (Å²) in [6, 6.07) is 5.15. The number of benzene rings is 1. The van der Waals surface area contributed by atoms with E-state index < -0.39 is 5.60 Å². The third-order valence-electron chi connectivity index (χ3n) is 5.86. The van der Waals surface area contributed by atoms with Crippen molar-refractivity contribution < 1.29 is 18.7 Å². The van der Waals surface area contributed by atoms with Crippen molar-refractivity contribution in [1.29, 1.82) is 0 Å². The maximum Gasteiger partial charge on any atom is 0.410 e. The molecule has 0 radical (unpaired) electrons. The first-order valence-corrected chi connectivity index (χ1v) is 14.0. The van der Waals surface area contributed by atoms with Gasteiger partial charge in [0.2, 0.25) is 0 Å². The quantitative estimate of drug-likeness (QED) is 0.350. The molecule has 2 unspecified atom stereocenters. The van der Waals surface area contributed by atoms with Gasteiger partial charge in [-0.2, -0.15) is 0 Å². The summed E-state index contributed by atoms with van der Waals surface area (Å²) < 4.78 is 27.1. The van der Waals surface area contributed by atoms with Crippen LogP contribution in [0, 0.1) is 11.7 Å². The third-order valence-corrected chi connectivity index (χ3v) is 5.86. The molecule has 1 saturated heterocycles. The molecule has 0 saturated carbocycles. The largest absolute Gasteiger partial charge is 0.444 e. The SMILES string of the molecule is C/C=C(\C=C(\C)CC)c1c(F)cccc1C(OCCN)C1CCCN(C(=O)OC(C)(C)C)C1.CC.CC. The highest BCUT2D eigenvalue weighted by Crippen LogP contribution is 2.38. The van der Waals surface area contributed by atoms with E-state index in [1.165, 1.54) is 11.6 Å². The van der Waals surface area contributed by atoms with Gasteiger partial charge in [0.15, 0.2) is 0 Å². The van der Waals surface area contributed by atoms with Crippen LogP contribution in [0.3, 0.4) is 0 Å². The number of carbonyl (C=O) groups excluding carboxylic acids is 1. The Kier molecular flexibility index (Phi) is 17.1. The number of hydrogen-bond donors (Lipinski definition) is 1. The third kappa shape index (κ3) is 11.4. The highest BCUT2D eigenvalue weighted by Gasteiger charge is 2.34. The van der Waals surface area contributed by atoms with E-state index in [0.717, 1.165) is 30.4 Å². The van der Waals surface area contributed by atoms with Gasteiger partial charge in [-0.05, 0) is 71.1 Å². The summed E-state index contributed by atoms with van der Waals surface area (Å²) in [5.74, 6) is -0.269. The van der Waals surface area contributed by atoms with E-state index in [-0.39, 0.29) is 23.9 Å². The van der Waals surface area contributed by atoms with Crippen molar-refractivity contribution in [2.75, 3.05) is 26.2 Å². The van der Waals surface area contributed by atoms with Crippen LogP contribution in [-0.2, 0) is 9.47 Å². The van der Waals surface area contributed by atoms with Gasteiger partial charge in [-0.25, -0.2) is 9.18 Å². The minimum absolute atomic E-state index is 0.00715. The Hall–Kier alpha value is -2.18. The van der Waals surface area contributed by atoms with Crippen molar-refractivity contribution >= 4 is 11.7 Å². The molecule has 2 N–H and O–H groups in total. The van der Waals surface area contributed by atoms with Crippen LogP contribution >= 0.6 is 0 Å². The van der Waals surface area contributed by atoms with E-state index in [1.807, 2.05) is 80.5 Å². The summed E-state index contributed by atoms with van der Waals surface area (Å²) in [7, 11) is 0. The molecule has 1 heterocycles. The predicted octanol–water partition coefficient (Wildman–Crippen LogP) is 8.30. The summed E-state index contributed by atoms with van der Waals surface area (Å²) in [6.45, 7) is 21.5. The second-order valence-electron chi connectivity index (χ2n) is 9.70. The zero-order chi connectivity index (χ0) is 28.6. The fraction of sp³-hybridized carbons (Fsp3) is 0.645. The number of nitrogens with zero attached hydrogens (tertiary/aromatic N) is 1. The molecule has 1 aliphatic rings. The smallest absolute Gasteiger partial charge is 0.410 e. The van der Waals surface area contributed by atoms with Crippen molar-refractivity contribution in [1.82, 2.24) is 4.90 Å². The maximum atomic E-state index is 15.2. The number of amides is 1. The molecule has 1 fully saturated rings. The number of piperidine rings is 1. The Morgan fingerprint density at radius 1 is 1.24 bits per heavy atom. The summed E-state index contributed by atoms with van der Waals surface area (Å²) in [5, 5.41) is 0. The number of halogens is 1. The zero-order valence-electron chi connectivity index (χ0n) is 25.1. The molecule has 1 aromatic carbocycles. The van der Waals surface area contributed by atoms with Crippen molar-refractivity contribution in [3.8, 4) is 0 Å². The number of carbonyl (C=O) groups is 1. The molecule has 2 rings (SSSR count). The minimum atomic E-state index is -0.556. The topological polar surface area (TPSA) is 64.8 Å². The predicted molar refractivity (Wildman–Crippen MR) is 155 cm³/mol. The molecule has 0 aromatic heterocycles. The Labute approximate surface area is 226 Å².